The first-order chi connectivity index (χ1) is 8.24. The molecule has 3 atom stereocenters. The molecule has 18 heavy (non-hydrogen) atoms. The van der Waals surface area contributed by atoms with Crippen molar-refractivity contribution in [2.45, 2.75) is 49.4 Å². The fraction of sp³-hybridized carbons (Fsp3) is 0.909. The minimum atomic E-state index is -1.57. The topological polar surface area (TPSA) is 41.6 Å². The van der Waals surface area contributed by atoms with Gasteiger partial charge < -0.3 is 10.1 Å². The monoisotopic (exact) mass is 316 g/mol. The van der Waals surface area contributed by atoms with Crippen LogP contribution < -0.4 is 5.32 Å². The minimum Gasteiger partial charge on any atom is -0.373 e. The Morgan fingerprint density at radius 1 is 1.39 bits per heavy atom. The molecule has 7 heteroatoms. The number of morpholine rings is 1. The Hall–Kier alpha value is 0.260. The van der Waals surface area contributed by atoms with E-state index in [1.807, 2.05) is 18.7 Å². The van der Waals surface area contributed by atoms with E-state index in [4.69, 9.17) is 39.5 Å². The van der Waals surface area contributed by atoms with Crippen LogP contribution in [-0.4, -0.2) is 46.1 Å². The highest BCUT2D eigenvalue weighted by Gasteiger charge is 2.40. The lowest BCUT2D eigenvalue weighted by Crippen LogP contribution is -2.60. The standard InChI is InChI=1S/C11H19Cl3N2O2/c1-4-9(17)15-10(11(12,13)14)16-5-7(2)18-8(3)6-16/h7-8,10H,4-6H2,1-3H3,(H,15,17). The normalized spacial score (nSPS) is 27.9. The van der Waals surface area contributed by atoms with E-state index >= 15 is 0 Å². The number of amides is 1. The summed E-state index contributed by atoms with van der Waals surface area (Å²) >= 11 is 17.9. The average molecular weight is 318 g/mol. The van der Waals surface area contributed by atoms with Crippen molar-refractivity contribution in [2.75, 3.05) is 13.1 Å². The van der Waals surface area contributed by atoms with Gasteiger partial charge in [-0.25, -0.2) is 0 Å². The molecule has 1 aliphatic rings. The summed E-state index contributed by atoms with van der Waals surface area (Å²) in [6.07, 6.45) is -0.194. The zero-order valence-corrected chi connectivity index (χ0v) is 13.0. The van der Waals surface area contributed by atoms with Crippen molar-refractivity contribution in [1.29, 1.82) is 0 Å². The van der Waals surface area contributed by atoms with Gasteiger partial charge in [-0.05, 0) is 13.8 Å². The molecular formula is C11H19Cl3N2O2. The lowest BCUT2D eigenvalue weighted by atomic mass is 10.2. The SMILES string of the molecule is CCC(=O)NC(N1CC(C)OC(C)C1)C(Cl)(Cl)Cl. The Labute approximate surface area is 123 Å². The molecule has 3 unspecified atom stereocenters. The molecule has 0 bridgehead atoms. The molecule has 106 valence electrons. The molecule has 0 aromatic carbocycles. The number of hydrogen-bond acceptors (Lipinski definition) is 3. The fourth-order valence-electron chi connectivity index (χ4n) is 2.06. The predicted octanol–water partition coefficient (Wildman–Crippen LogP) is 2.32. The van der Waals surface area contributed by atoms with E-state index in [9.17, 15) is 4.79 Å². The van der Waals surface area contributed by atoms with Crippen LogP contribution in [-0.2, 0) is 9.53 Å². The van der Waals surface area contributed by atoms with Crippen molar-refractivity contribution in [1.82, 2.24) is 10.2 Å². The molecule has 1 N–H and O–H groups in total. The zero-order valence-electron chi connectivity index (χ0n) is 10.8. The van der Waals surface area contributed by atoms with Gasteiger partial charge in [0.05, 0.1) is 12.2 Å². The van der Waals surface area contributed by atoms with Crippen molar-refractivity contribution in [3.63, 3.8) is 0 Å². The number of halogens is 3. The second-order valence-electron chi connectivity index (χ2n) is 4.58. The first-order valence-corrected chi connectivity index (χ1v) is 7.13. The molecule has 1 amide bonds. The van der Waals surface area contributed by atoms with Gasteiger partial charge in [0.1, 0.15) is 6.17 Å². The molecule has 1 saturated heterocycles. The summed E-state index contributed by atoms with van der Waals surface area (Å²) in [6, 6.07) is 0. The Bertz CT molecular complexity index is 287. The number of ether oxygens (including phenoxy) is 1. The predicted molar refractivity (Wildman–Crippen MR) is 74.1 cm³/mol. The van der Waals surface area contributed by atoms with Crippen molar-refractivity contribution in [3.8, 4) is 0 Å². The van der Waals surface area contributed by atoms with E-state index in [0.29, 0.717) is 19.5 Å². The first-order valence-electron chi connectivity index (χ1n) is 5.99. The first kappa shape index (κ1) is 16.3. The molecule has 0 radical (unpaired) electrons. The Morgan fingerprint density at radius 3 is 2.28 bits per heavy atom. The number of carbonyl (C=O) groups is 1. The number of carbonyl (C=O) groups excluding carboxylic acids is 1. The van der Waals surface area contributed by atoms with Gasteiger partial charge in [0, 0.05) is 19.5 Å². The van der Waals surface area contributed by atoms with Crippen LogP contribution in [0.5, 0.6) is 0 Å². The van der Waals surface area contributed by atoms with Gasteiger partial charge in [-0.2, -0.15) is 0 Å². The smallest absolute Gasteiger partial charge is 0.223 e. The van der Waals surface area contributed by atoms with Crippen LogP contribution in [0.2, 0.25) is 0 Å². The minimum absolute atomic E-state index is 0.0436. The third kappa shape index (κ3) is 4.74. The summed E-state index contributed by atoms with van der Waals surface area (Å²) in [5.41, 5.74) is 0. The molecule has 4 nitrogen and oxygen atoms in total. The van der Waals surface area contributed by atoms with E-state index < -0.39 is 9.96 Å². The molecule has 1 aliphatic heterocycles. The van der Waals surface area contributed by atoms with Crippen LogP contribution in [0.4, 0.5) is 0 Å². The Kier molecular flexibility index (Phi) is 6.00. The average Bonchev–Trinajstić information content (AvgIpc) is 2.22. The van der Waals surface area contributed by atoms with Crippen LogP contribution in [0.3, 0.4) is 0 Å². The van der Waals surface area contributed by atoms with Crippen LogP contribution in [0.25, 0.3) is 0 Å². The van der Waals surface area contributed by atoms with E-state index in [2.05, 4.69) is 5.32 Å². The van der Waals surface area contributed by atoms with Gasteiger partial charge in [0.15, 0.2) is 0 Å². The number of hydrogen-bond donors (Lipinski definition) is 1. The molecule has 0 saturated carbocycles. The Balaban J connectivity index is 2.79. The maximum atomic E-state index is 11.5. The van der Waals surface area contributed by atoms with Crippen LogP contribution in [0.1, 0.15) is 27.2 Å². The number of nitrogens with zero attached hydrogens (tertiary/aromatic N) is 1. The zero-order chi connectivity index (χ0) is 13.9. The van der Waals surface area contributed by atoms with Crippen molar-refractivity contribution >= 4 is 40.7 Å². The van der Waals surface area contributed by atoms with Crippen LogP contribution >= 0.6 is 34.8 Å². The number of rotatable bonds is 3. The molecule has 1 rings (SSSR count). The lowest BCUT2D eigenvalue weighted by Gasteiger charge is -2.42. The van der Waals surface area contributed by atoms with Crippen LogP contribution in [0, 0.1) is 0 Å². The summed E-state index contributed by atoms with van der Waals surface area (Å²) in [5.74, 6) is -0.141. The summed E-state index contributed by atoms with van der Waals surface area (Å²) in [4.78, 5) is 13.5. The number of nitrogens with one attached hydrogen (secondary N) is 1. The summed E-state index contributed by atoms with van der Waals surface area (Å²) in [5, 5.41) is 2.75. The highest BCUT2D eigenvalue weighted by molar-refractivity contribution is 6.68. The molecule has 0 aliphatic carbocycles. The third-order valence-electron chi connectivity index (χ3n) is 2.74. The fourth-order valence-corrected chi connectivity index (χ4v) is 2.64. The highest BCUT2D eigenvalue weighted by atomic mass is 35.6. The largest absolute Gasteiger partial charge is 0.373 e. The maximum absolute atomic E-state index is 11.5. The second kappa shape index (κ2) is 6.62. The second-order valence-corrected chi connectivity index (χ2v) is 6.95. The molecule has 0 spiro atoms. The summed E-state index contributed by atoms with van der Waals surface area (Å²) in [6.45, 7) is 6.91. The quantitative estimate of drug-likeness (QED) is 0.812. The van der Waals surface area contributed by atoms with E-state index in [1.54, 1.807) is 6.92 Å². The molecular weight excluding hydrogens is 298 g/mol. The van der Waals surface area contributed by atoms with Gasteiger partial charge in [-0.3, -0.25) is 9.69 Å². The van der Waals surface area contributed by atoms with Crippen molar-refractivity contribution in [2.24, 2.45) is 0 Å². The molecule has 1 heterocycles. The molecule has 1 fully saturated rings. The lowest BCUT2D eigenvalue weighted by molar-refractivity contribution is -0.126. The third-order valence-corrected chi connectivity index (χ3v) is 3.36. The maximum Gasteiger partial charge on any atom is 0.223 e. The molecule has 0 aromatic heterocycles. The van der Waals surface area contributed by atoms with Crippen LogP contribution in [0.15, 0.2) is 0 Å². The van der Waals surface area contributed by atoms with Gasteiger partial charge in [-0.1, -0.05) is 41.7 Å². The highest BCUT2D eigenvalue weighted by Crippen LogP contribution is 2.33. The number of alkyl halides is 3. The summed E-state index contributed by atoms with van der Waals surface area (Å²) < 4.78 is 4.06. The summed E-state index contributed by atoms with van der Waals surface area (Å²) in [7, 11) is 0. The van der Waals surface area contributed by atoms with E-state index in [-0.39, 0.29) is 18.1 Å². The van der Waals surface area contributed by atoms with Gasteiger partial charge in [0.2, 0.25) is 9.70 Å². The van der Waals surface area contributed by atoms with Gasteiger partial charge >= 0.3 is 0 Å². The van der Waals surface area contributed by atoms with Gasteiger partial charge in [-0.15, -0.1) is 0 Å². The molecule has 0 aromatic rings. The van der Waals surface area contributed by atoms with E-state index in [0.717, 1.165) is 0 Å². The van der Waals surface area contributed by atoms with Crippen molar-refractivity contribution in [3.05, 3.63) is 0 Å². The van der Waals surface area contributed by atoms with Gasteiger partial charge in [0.25, 0.3) is 0 Å². The van der Waals surface area contributed by atoms with E-state index in [1.165, 1.54) is 0 Å². The van der Waals surface area contributed by atoms with Crippen molar-refractivity contribution < 1.29 is 9.53 Å². The Morgan fingerprint density at radius 2 is 1.89 bits per heavy atom.